The van der Waals surface area contributed by atoms with Crippen molar-refractivity contribution in [3.05, 3.63) is 60.2 Å². The number of carbonyl (C=O) groups excluding carboxylic acids is 1. The second kappa shape index (κ2) is 8.25. The Hall–Kier alpha value is -2.82. The fourth-order valence-electron chi connectivity index (χ4n) is 3.77. The third-order valence-electron chi connectivity index (χ3n) is 5.25. The minimum absolute atomic E-state index is 0.0312. The molecule has 5 heteroatoms. The summed E-state index contributed by atoms with van der Waals surface area (Å²) in [5.74, 6) is 1.07. The molecular formula is C22H26N4O. The Balaban J connectivity index is 1.29. The van der Waals surface area contributed by atoms with Gasteiger partial charge in [-0.3, -0.25) is 4.79 Å². The molecule has 2 N–H and O–H groups in total. The quantitative estimate of drug-likeness (QED) is 0.660. The first kappa shape index (κ1) is 17.6. The molecule has 0 bridgehead atoms. The Morgan fingerprint density at radius 2 is 1.96 bits per heavy atom. The van der Waals surface area contributed by atoms with Crippen LogP contribution in [-0.2, 0) is 11.2 Å². The summed E-state index contributed by atoms with van der Waals surface area (Å²) in [7, 11) is 0. The number of anilines is 1. The molecule has 5 nitrogen and oxygen atoms in total. The molecule has 0 spiro atoms. The lowest BCUT2D eigenvalue weighted by Crippen LogP contribution is -2.43. The maximum absolute atomic E-state index is 12.6. The van der Waals surface area contributed by atoms with Crippen LogP contribution in [0, 0.1) is 5.92 Å². The number of rotatable bonds is 6. The van der Waals surface area contributed by atoms with E-state index in [1.54, 1.807) is 0 Å². The number of aromatic amines is 1. The van der Waals surface area contributed by atoms with E-state index < -0.39 is 0 Å². The molecule has 2 aromatic carbocycles. The zero-order valence-corrected chi connectivity index (χ0v) is 15.5. The largest absolute Gasteiger partial charge is 0.356 e. The van der Waals surface area contributed by atoms with Gasteiger partial charge in [0.05, 0.1) is 17.0 Å². The zero-order chi connectivity index (χ0) is 18.5. The number of aryl methyl sites for hydroxylation is 1. The number of imidazole rings is 1. The van der Waals surface area contributed by atoms with Gasteiger partial charge in [-0.1, -0.05) is 42.5 Å². The summed E-state index contributed by atoms with van der Waals surface area (Å²) in [6, 6.07) is 18.5. The highest BCUT2D eigenvalue weighted by Crippen LogP contribution is 2.23. The van der Waals surface area contributed by atoms with E-state index >= 15 is 0 Å². The third-order valence-corrected chi connectivity index (χ3v) is 5.25. The van der Waals surface area contributed by atoms with Gasteiger partial charge in [-0.25, -0.2) is 4.98 Å². The minimum atomic E-state index is 0.0312. The molecule has 1 amide bonds. The highest BCUT2D eigenvalue weighted by Gasteiger charge is 2.27. The van der Waals surface area contributed by atoms with E-state index in [2.05, 4.69) is 44.5 Å². The van der Waals surface area contributed by atoms with Gasteiger partial charge in [0.1, 0.15) is 0 Å². The molecule has 0 saturated carbocycles. The first-order valence-electron chi connectivity index (χ1n) is 9.81. The maximum Gasteiger partial charge on any atom is 0.224 e. The van der Waals surface area contributed by atoms with Crippen LogP contribution in [0.25, 0.3) is 11.0 Å². The van der Waals surface area contributed by atoms with E-state index in [0.29, 0.717) is 0 Å². The fourth-order valence-corrected chi connectivity index (χ4v) is 3.77. The molecule has 2 heterocycles. The first-order valence-corrected chi connectivity index (χ1v) is 9.81. The van der Waals surface area contributed by atoms with Gasteiger partial charge in [-0.05, 0) is 43.4 Å². The summed E-state index contributed by atoms with van der Waals surface area (Å²) in [5.41, 5.74) is 3.33. The normalized spacial score (nSPS) is 17.2. The molecular weight excluding hydrogens is 336 g/mol. The van der Waals surface area contributed by atoms with Crippen LogP contribution in [0.4, 0.5) is 5.95 Å². The Labute approximate surface area is 159 Å². The maximum atomic E-state index is 12.6. The molecule has 140 valence electrons. The monoisotopic (exact) mass is 362 g/mol. The molecule has 3 aromatic rings. The number of nitrogens with one attached hydrogen (secondary N) is 2. The second-order valence-electron chi connectivity index (χ2n) is 7.24. The second-order valence-corrected chi connectivity index (χ2v) is 7.24. The van der Waals surface area contributed by atoms with Gasteiger partial charge in [-0.2, -0.15) is 0 Å². The molecule has 0 aliphatic carbocycles. The molecule has 1 fully saturated rings. The fraction of sp³-hybridized carbons (Fsp3) is 0.364. The van der Waals surface area contributed by atoms with Crippen molar-refractivity contribution in [2.75, 3.05) is 24.5 Å². The Morgan fingerprint density at radius 1 is 1.15 bits per heavy atom. The molecule has 0 unspecified atom stereocenters. The number of para-hydroxylation sites is 2. The van der Waals surface area contributed by atoms with Gasteiger partial charge in [0.15, 0.2) is 0 Å². The number of nitrogens with zero attached hydrogens (tertiary/aromatic N) is 2. The van der Waals surface area contributed by atoms with E-state index in [1.165, 1.54) is 5.56 Å². The summed E-state index contributed by atoms with van der Waals surface area (Å²) < 4.78 is 0. The summed E-state index contributed by atoms with van der Waals surface area (Å²) in [4.78, 5) is 22.9. The average molecular weight is 362 g/mol. The van der Waals surface area contributed by atoms with Crippen molar-refractivity contribution >= 4 is 22.9 Å². The highest BCUT2D eigenvalue weighted by molar-refractivity contribution is 5.80. The number of benzene rings is 2. The van der Waals surface area contributed by atoms with Gasteiger partial charge in [0.25, 0.3) is 0 Å². The molecule has 1 aromatic heterocycles. The van der Waals surface area contributed by atoms with Gasteiger partial charge >= 0.3 is 0 Å². The molecule has 1 aliphatic rings. The van der Waals surface area contributed by atoms with Crippen molar-refractivity contribution in [3.63, 3.8) is 0 Å². The van der Waals surface area contributed by atoms with Crippen LogP contribution in [0.1, 0.15) is 24.8 Å². The van der Waals surface area contributed by atoms with Crippen molar-refractivity contribution in [1.29, 1.82) is 0 Å². The lowest BCUT2D eigenvalue weighted by atomic mass is 9.97. The number of aromatic nitrogens is 2. The first-order chi connectivity index (χ1) is 13.3. The molecule has 1 aliphatic heterocycles. The predicted octanol–water partition coefficient (Wildman–Crippen LogP) is 3.53. The van der Waals surface area contributed by atoms with Crippen LogP contribution in [0.5, 0.6) is 0 Å². The minimum Gasteiger partial charge on any atom is -0.356 e. The highest BCUT2D eigenvalue weighted by atomic mass is 16.1. The van der Waals surface area contributed by atoms with Crippen molar-refractivity contribution in [1.82, 2.24) is 15.3 Å². The Bertz CT molecular complexity index is 856. The Kier molecular flexibility index (Phi) is 5.37. The van der Waals surface area contributed by atoms with E-state index in [1.807, 2.05) is 30.3 Å². The number of carbonyl (C=O) groups is 1. The van der Waals surface area contributed by atoms with Gasteiger partial charge in [0, 0.05) is 19.6 Å². The summed E-state index contributed by atoms with van der Waals surface area (Å²) in [6.07, 6.45) is 3.92. The van der Waals surface area contributed by atoms with E-state index in [0.717, 1.165) is 62.3 Å². The number of amides is 1. The van der Waals surface area contributed by atoms with E-state index in [-0.39, 0.29) is 11.8 Å². The Morgan fingerprint density at radius 3 is 2.81 bits per heavy atom. The molecule has 27 heavy (non-hydrogen) atoms. The van der Waals surface area contributed by atoms with Crippen molar-refractivity contribution < 1.29 is 4.79 Å². The topological polar surface area (TPSA) is 61.0 Å². The van der Waals surface area contributed by atoms with Gasteiger partial charge < -0.3 is 15.2 Å². The third kappa shape index (κ3) is 4.30. The molecule has 0 radical (unpaired) electrons. The van der Waals surface area contributed by atoms with Crippen molar-refractivity contribution in [3.8, 4) is 0 Å². The van der Waals surface area contributed by atoms with Gasteiger partial charge in [-0.15, -0.1) is 0 Å². The lowest BCUT2D eigenvalue weighted by Gasteiger charge is -2.31. The molecule has 1 atom stereocenters. The van der Waals surface area contributed by atoms with Crippen molar-refractivity contribution in [2.45, 2.75) is 25.7 Å². The number of fused-ring (bicyclic) bond motifs is 1. The number of hydrogen-bond acceptors (Lipinski definition) is 3. The number of H-pyrrole nitrogens is 1. The van der Waals surface area contributed by atoms with Crippen LogP contribution >= 0.6 is 0 Å². The predicted molar refractivity (Wildman–Crippen MR) is 109 cm³/mol. The van der Waals surface area contributed by atoms with Crippen LogP contribution in [-0.4, -0.2) is 35.5 Å². The lowest BCUT2D eigenvalue weighted by molar-refractivity contribution is -0.125. The SMILES string of the molecule is O=C(NCCCc1ccccc1)[C@H]1CCCN(c2nc3ccccc3[nH]2)C1. The van der Waals surface area contributed by atoms with E-state index in [9.17, 15) is 4.79 Å². The smallest absolute Gasteiger partial charge is 0.224 e. The van der Waals surface area contributed by atoms with Crippen LogP contribution in [0.15, 0.2) is 54.6 Å². The zero-order valence-electron chi connectivity index (χ0n) is 15.5. The van der Waals surface area contributed by atoms with Crippen LogP contribution in [0.3, 0.4) is 0 Å². The van der Waals surface area contributed by atoms with Crippen molar-refractivity contribution in [2.24, 2.45) is 5.92 Å². The number of hydrogen-bond donors (Lipinski definition) is 2. The summed E-state index contributed by atoms with van der Waals surface area (Å²) in [5, 5.41) is 3.13. The summed E-state index contributed by atoms with van der Waals surface area (Å²) >= 11 is 0. The van der Waals surface area contributed by atoms with Crippen LogP contribution < -0.4 is 10.2 Å². The van der Waals surface area contributed by atoms with Gasteiger partial charge in [0.2, 0.25) is 11.9 Å². The molecule has 1 saturated heterocycles. The summed E-state index contributed by atoms with van der Waals surface area (Å²) in [6.45, 7) is 2.40. The van der Waals surface area contributed by atoms with Crippen LogP contribution in [0.2, 0.25) is 0 Å². The molecule has 4 rings (SSSR count). The number of piperidine rings is 1. The standard InChI is InChI=1S/C22H26N4O/c27-21(23-14-6-10-17-8-2-1-3-9-17)18-11-7-15-26(16-18)22-24-19-12-4-5-13-20(19)25-22/h1-5,8-9,12-13,18H,6-7,10-11,14-16H2,(H,23,27)(H,24,25)/t18-/m0/s1. The van der Waals surface area contributed by atoms with E-state index in [4.69, 9.17) is 0 Å². The average Bonchev–Trinajstić information content (AvgIpc) is 3.16.